The Morgan fingerprint density at radius 3 is 2.83 bits per heavy atom. The topological polar surface area (TPSA) is 47.4 Å². The van der Waals surface area contributed by atoms with Crippen LogP contribution in [-0.2, 0) is 6.54 Å². The fraction of sp³-hybridized carbons (Fsp3) is 0.444. The quantitative estimate of drug-likeness (QED) is 0.846. The first-order valence-electron chi connectivity index (χ1n) is 8.37. The Balaban J connectivity index is 1.55. The average Bonchev–Trinajstić information content (AvgIpc) is 3.10. The minimum absolute atomic E-state index is 0.0197. The Bertz CT molecular complexity index is 684. The molecule has 0 unspecified atom stereocenters. The summed E-state index contributed by atoms with van der Waals surface area (Å²) in [5.74, 6) is 0.638. The van der Waals surface area contributed by atoms with E-state index in [4.69, 9.17) is 4.74 Å². The molecule has 0 bridgehead atoms. The number of hydrogen-bond donors (Lipinski definition) is 0. The number of likely N-dealkylation sites (tertiary alicyclic amines) is 1. The van der Waals surface area contributed by atoms with Crippen molar-refractivity contribution in [2.75, 3.05) is 19.7 Å². The number of piperidine rings is 1. The smallest absolute Gasteiger partial charge is 0.274 e. The number of amides is 1. The lowest BCUT2D eigenvalue weighted by molar-refractivity contribution is 0.0626. The first-order chi connectivity index (χ1) is 11.7. The van der Waals surface area contributed by atoms with Crippen LogP contribution >= 0.6 is 0 Å². The van der Waals surface area contributed by atoms with Crippen molar-refractivity contribution in [3.8, 4) is 5.75 Å². The van der Waals surface area contributed by atoms with Gasteiger partial charge in [0, 0.05) is 31.7 Å². The predicted molar refractivity (Wildman–Crippen MR) is 88.4 cm³/mol. The van der Waals surface area contributed by atoms with Crippen LogP contribution in [0, 0.1) is 11.7 Å². The summed E-state index contributed by atoms with van der Waals surface area (Å²) >= 11 is 0. The van der Waals surface area contributed by atoms with Crippen molar-refractivity contribution in [2.45, 2.75) is 26.3 Å². The Morgan fingerprint density at radius 1 is 1.33 bits per heavy atom. The number of carbonyl (C=O) groups excluding carboxylic acids is 1. The van der Waals surface area contributed by atoms with E-state index >= 15 is 0 Å². The third kappa shape index (κ3) is 3.93. The monoisotopic (exact) mass is 331 g/mol. The second-order valence-corrected chi connectivity index (χ2v) is 6.08. The van der Waals surface area contributed by atoms with Gasteiger partial charge in [0.1, 0.15) is 17.3 Å². The van der Waals surface area contributed by atoms with E-state index in [0.717, 1.165) is 25.9 Å². The number of hydrogen-bond acceptors (Lipinski definition) is 3. The van der Waals surface area contributed by atoms with Gasteiger partial charge in [-0.3, -0.25) is 9.48 Å². The molecule has 24 heavy (non-hydrogen) atoms. The van der Waals surface area contributed by atoms with E-state index < -0.39 is 0 Å². The van der Waals surface area contributed by atoms with Crippen LogP contribution in [0.5, 0.6) is 5.75 Å². The maximum absolute atomic E-state index is 12.9. The first-order valence-corrected chi connectivity index (χ1v) is 8.37. The third-order valence-corrected chi connectivity index (χ3v) is 4.29. The Hall–Kier alpha value is -2.37. The lowest BCUT2D eigenvalue weighted by Gasteiger charge is -2.32. The number of benzene rings is 1. The van der Waals surface area contributed by atoms with Crippen LogP contribution in [0.15, 0.2) is 36.5 Å². The molecule has 6 heteroatoms. The Morgan fingerprint density at radius 2 is 2.12 bits per heavy atom. The number of aryl methyl sites for hydroxylation is 1. The van der Waals surface area contributed by atoms with Crippen molar-refractivity contribution >= 4 is 5.91 Å². The van der Waals surface area contributed by atoms with Crippen LogP contribution in [0.3, 0.4) is 0 Å². The minimum atomic E-state index is -0.275. The summed E-state index contributed by atoms with van der Waals surface area (Å²) in [6.45, 7) is 4.69. The highest BCUT2D eigenvalue weighted by molar-refractivity contribution is 5.92. The lowest BCUT2D eigenvalue weighted by atomic mass is 9.98. The molecule has 1 atom stereocenters. The summed E-state index contributed by atoms with van der Waals surface area (Å²) < 4.78 is 20.4. The summed E-state index contributed by atoms with van der Waals surface area (Å²) in [4.78, 5) is 14.4. The van der Waals surface area contributed by atoms with Gasteiger partial charge < -0.3 is 9.64 Å². The largest absolute Gasteiger partial charge is 0.493 e. The predicted octanol–water partition coefficient (Wildman–Crippen LogP) is 2.97. The van der Waals surface area contributed by atoms with Crippen molar-refractivity contribution in [3.05, 3.63) is 48.0 Å². The van der Waals surface area contributed by atoms with Crippen molar-refractivity contribution in [3.63, 3.8) is 0 Å². The number of halogens is 1. The van der Waals surface area contributed by atoms with Crippen molar-refractivity contribution in [1.29, 1.82) is 0 Å². The van der Waals surface area contributed by atoms with Gasteiger partial charge in [-0.1, -0.05) is 0 Å². The van der Waals surface area contributed by atoms with E-state index in [0.29, 0.717) is 24.6 Å². The second-order valence-electron chi connectivity index (χ2n) is 6.08. The molecule has 2 aromatic rings. The van der Waals surface area contributed by atoms with Gasteiger partial charge >= 0.3 is 0 Å². The van der Waals surface area contributed by atoms with Crippen LogP contribution < -0.4 is 4.74 Å². The first kappa shape index (κ1) is 16.5. The van der Waals surface area contributed by atoms with Crippen molar-refractivity contribution in [1.82, 2.24) is 14.7 Å². The Kier molecular flexibility index (Phi) is 5.13. The summed E-state index contributed by atoms with van der Waals surface area (Å²) in [7, 11) is 0. The number of ether oxygens (including phenoxy) is 1. The number of carbonyl (C=O) groups is 1. The molecule has 1 saturated heterocycles. The van der Waals surface area contributed by atoms with Gasteiger partial charge in [-0.25, -0.2) is 4.39 Å². The highest BCUT2D eigenvalue weighted by atomic mass is 19.1. The average molecular weight is 331 g/mol. The van der Waals surface area contributed by atoms with E-state index in [-0.39, 0.29) is 17.6 Å². The molecule has 1 aromatic carbocycles. The van der Waals surface area contributed by atoms with Crippen LogP contribution in [0.25, 0.3) is 0 Å². The number of aromatic nitrogens is 2. The zero-order valence-corrected chi connectivity index (χ0v) is 13.8. The molecule has 3 rings (SSSR count). The number of rotatable bonds is 5. The molecule has 0 radical (unpaired) electrons. The fourth-order valence-electron chi connectivity index (χ4n) is 2.94. The van der Waals surface area contributed by atoms with Gasteiger partial charge in [-0.2, -0.15) is 5.10 Å². The molecule has 1 amide bonds. The summed E-state index contributed by atoms with van der Waals surface area (Å²) in [6.07, 6.45) is 3.80. The fourth-order valence-corrected chi connectivity index (χ4v) is 2.94. The molecule has 0 N–H and O–H groups in total. The molecular weight excluding hydrogens is 309 g/mol. The molecule has 0 saturated carbocycles. The third-order valence-electron chi connectivity index (χ3n) is 4.29. The molecule has 1 fully saturated rings. The zero-order chi connectivity index (χ0) is 16.9. The van der Waals surface area contributed by atoms with Gasteiger partial charge in [0.15, 0.2) is 0 Å². The summed E-state index contributed by atoms with van der Waals surface area (Å²) in [5.41, 5.74) is 0.497. The van der Waals surface area contributed by atoms with Crippen molar-refractivity contribution < 1.29 is 13.9 Å². The maximum atomic E-state index is 12.9. The minimum Gasteiger partial charge on any atom is -0.493 e. The van der Waals surface area contributed by atoms with Crippen LogP contribution in [0.4, 0.5) is 4.39 Å². The lowest BCUT2D eigenvalue weighted by Crippen LogP contribution is -2.41. The van der Waals surface area contributed by atoms with E-state index in [1.807, 2.05) is 18.0 Å². The van der Waals surface area contributed by atoms with E-state index in [9.17, 15) is 9.18 Å². The summed E-state index contributed by atoms with van der Waals surface area (Å²) in [5, 5.41) is 4.29. The standard InChI is InChI=1S/C18H22FN3O2/c1-2-22-11-9-17(20-22)18(23)21-10-3-4-14(12-21)13-24-16-7-5-15(19)6-8-16/h5-9,11,14H,2-4,10,12-13H2,1H3/t14-/m0/s1. The SMILES string of the molecule is CCn1ccc(C(=O)N2CCC[C@H](COc3ccc(F)cc3)C2)n1. The zero-order valence-electron chi connectivity index (χ0n) is 13.8. The Labute approximate surface area is 141 Å². The van der Waals surface area contributed by atoms with Gasteiger partial charge in [-0.15, -0.1) is 0 Å². The highest BCUT2D eigenvalue weighted by Crippen LogP contribution is 2.20. The normalized spacial score (nSPS) is 17.8. The van der Waals surface area contributed by atoms with E-state index in [2.05, 4.69) is 5.10 Å². The van der Waals surface area contributed by atoms with Gasteiger partial charge in [0.25, 0.3) is 5.91 Å². The highest BCUT2D eigenvalue weighted by Gasteiger charge is 2.26. The maximum Gasteiger partial charge on any atom is 0.274 e. The van der Waals surface area contributed by atoms with Gasteiger partial charge in [0.2, 0.25) is 0 Å². The molecule has 128 valence electrons. The van der Waals surface area contributed by atoms with E-state index in [1.165, 1.54) is 12.1 Å². The molecular formula is C18H22FN3O2. The van der Waals surface area contributed by atoms with Crippen LogP contribution in [-0.4, -0.2) is 40.3 Å². The van der Waals surface area contributed by atoms with Crippen molar-refractivity contribution in [2.24, 2.45) is 5.92 Å². The van der Waals surface area contributed by atoms with Gasteiger partial charge in [-0.05, 0) is 50.1 Å². The van der Waals surface area contributed by atoms with E-state index in [1.54, 1.807) is 22.9 Å². The van der Waals surface area contributed by atoms with Crippen LogP contribution in [0.2, 0.25) is 0 Å². The molecule has 0 spiro atoms. The molecule has 0 aliphatic carbocycles. The van der Waals surface area contributed by atoms with Crippen LogP contribution in [0.1, 0.15) is 30.3 Å². The molecule has 1 aromatic heterocycles. The molecule has 5 nitrogen and oxygen atoms in total. The second kappa shape index (κ2) is 7.47. The molecule has 1 aliphatic heterocycles. The number of nitrogens with zero attached hydrogens (tertiary/aromatic N) is 3. The van der Waals surface area contributed by atoms with Gasteiger partial charge in [0.05, 0.1) is 6.61 Å². The molecule has 1 aliphatic rings. The summed E-state index contributed by atoms with van der Waals surface area (Å²) in [6, 6.07) is 7.79. The molecule has 2 heterocycles.